The molecule has 0 saturated heterocycles. The second-order valence-electron chi connectivity index (χ2n) is 7.07. The van der Waals surface area contributed by atoms with Crippen molar-refractivity contribution in [1.29, 1.82) is 0 Å². The van der Waals surface area contributed by atoms with Gasteiger partial charge in [0.05, 0.1) is 23.9 Å². The molecular formula is C25H24N4O2. The number of benzene rings is 3. The van der Waals surface area contributed by atoms with E-state index in [1.807, 2.05) is 54.6 Å². The number of rotatable bonds is 8. The van der Waals surface area contributed by atoms with Gasteiger partial charge in [-0.1, -0.05) is 37.6 Å². The first-order valence-corrected chi connectivity index (χ1v) is 10.3. The van der Waals surface area contributed by atoms with Crippen LogP contribution in [-0.4, -0.2) is 27.9 Å². The van der Waals surface area contributed by atoms with E-state index in [9.17, 15) is 5.11 Å². The van der Waals surface area contributed by atoms with Crippen molar-refractivity contribution in [2.45, 2.75) is 19.8 Å². The van der Waals surface area contributed by atoms with Crippen molar-refractivity contribution in [1.82, 2.24) is 9.97 Å². The lowest BCUT2D eigenvalue weighted by Crippen LogP contribution is -1.99. The zero-order chi connectivity index (χ0) is 21.5. The molecule has 0 aliphatic carbocycles. The molecule has 1 aromatic heterocycles. The summed E-state index contributed by atoms with van der Waals surface area (Å²) in [7, 11) is 0. The van der Waals surface area contributed by atoms with Gasteiger partial charge in [-0.15, -0.1) is 0 Å². The second-order valence-corrected chi connectivity index (χ2v) is 7.07. The molecule has 0 amide bonds. The number of para-hydroxylation sites is 2. The number of anilines is 1. The summed E-state index contributed by atoms with van der Waals surface area (Å²) in [6.07, 6.45) is 3.88. The fraction of sp³-hybridized carbons (Fsp3) is 0.160. The number of hydrogen-bond donors (Lipinski definition) is 2. The third kappa shape index (κ3) is 4.98. The van der Waals surface area contributed by atoms with Gasteiger partial charge in [0.15, 0.2) is 11.6 Å². The predicted octanol–water partition coefficient (Wildman–Crippen LogP) is 5.63. The van der Waals surface area contributed by atoms with Crippen LogP contribution < -0.4 is 10.2 Å². The van der Waals surface area contributed by atoms with Crippen LogP contribution in [0.1, 0.15) is 25.3 Å². The minimum absolute atomic E-state index is 0.133. The summed E-state index contributed by atoms with van der Waals surface area (Å²) < 4.78 is 5.69. The molecule has 31 heavy (non-hydrogen) atoms. The molecule has 156 valence electrons. The van der Waals surface area contributed by atoms with E-state index in [1.165, 1.54) is 0 Å². The van der Waals surface area contributed by atoms with E-state index in [4.69, 9.17) is 4.74 Å². The summed E-state index contributed by atoms with van der Waals surface area (Å²) in [6.45, 7) is 2.87. The van der Waals surface area contributed by atoms with E-state index in [2.05, 4.69) is 27.4 Å². The Kier molecular flexibility index (Phi) is 6.38. The van der Waals surface area contributed by atoms with Crippen molar-refractivity contribution < 1.29 is 9.84 Å². The molecule has 4 aromatic rings. The highest BCUT2D eigenvalue weighted by Crippen LogP contribution is 2.29. The summed E-state index contributed by atoms with van der Waals surface area (Å²) in [6, 6.07) is 22.5. The van der Waals surface area contributed by atoms with Gasteiger partial charge in [0.2, 0.25) is 0 Å². The van der Waals surface area contributed by atoms with Gasteiger partial charge in [0.1, 0.15) is 11.5 Å². The molecule has 1 heterocycles. The minimum Gasteiger partial charge on any atom is -0.507 e. The molecule has 3 aromatic carbocycles. The number of hydrazone groups is 1. The van der Waals surface area contributed by atoms with Crippen LogP contribution in [0.4, 0.5) is 5.82 Å². The summed E-state index contributed by atoms with van der Waals surface area (Å²) in [5.74, 6) is 1.99. The molecule has 0 bridgehead atoms. The fourth-order valence-corrected chi connectivity index (χ4v) is 3.10. The molecule has 6 nitrogen and oxygen atoms in total. The number of hydrogen-bond acceptors (Lipinski definition) is 6. The molecule has 0 unspecified atom stereocenters. The Hall–Kier alpha value is -3.93. The van der Waals surface area contributed by atoms with Crippen molar-refractivity contribution >= 4 is 22.9 Å². The first kappa shape index (κ1) is 20.3. The third-order valence-corrected chi connectivity index (χ3v) is 4.78. The smallest absolute Gasteiger partial charge is 0.165 e. The zero-order valence-corrected chi connectivity index (χ0v) is 17.3. The Bertz CT molecular complexity index is 1190. The first-order valence-electron chi connectivity index (χ1n) is 10.3. The average molecular weight is 412 g/mol. The Balaban J connectivity index is 1.56. The van der Waals surface area contributed by atoms with Crippen LogP contribution >= 0.6 is 0 Å². The summed E-state index contributed by atoms with van der Waals surface area (Å²) >= 11 is 0. The zero-order valence-electron chi connectivity index (χ0n) is 17.3. The van der Waals surface area contributed by atoms with Crippen molar-refractivity contribution in [2.75, 3.05) is 12.0 Å². The number of ether oxygens (including phenoxy) is 1. The number of fused-ring (bicyclic) bond motifs is 1. The normalized spacial score (nSPS) is 11.1. The summed E-state index contributed by atoms with van der Waals surface area (Å²) in [5, 5.41) is 15.4. The van der Waals surface area contributed by atoms with Crippen molar-refractivity contribution in [2.24, 2.45) is 5.10 Å². The van der Waals surface area contributed by atoms with E-state index in [-0.39, 0.29) is 5.75 Å². The molecule has 6 heteroatoms. The molecule has 2 N–H and O–H groups in total. The van der Waals surface area contributed by atoms with Gasteiger partial charge < -0.3 is 9.84 Å². The van der Waals surface area contributed by atoms with Gasteiger partial charge in [0.25, 0.3) is 0 Å². The van der Waals surface area contributed by atoms with Gasteiger partial charge in [-0.3, -0.25) is 5.43 Å². The number of aromatic hydroxyl groups is 1. The van der Waals surface area contributed by atoms with Gasteiger partial charge in [-0.25, -0.2) is 9.97 Å². The lowest BCUT2D eigenvalue weighted by atomic mass is 10.1. The largest absolute Gasteiger partial charge is 0.507 e. The third-order valence-electron chi connectivity index (χ3n) is 4.78. The van der Waals surface area contributed by atoms with Crippen molar-refractivity contribution in [3.05, 3.63) is 78.4 Å². The number of nitrogens with zero attached hydrogens (tertiary/aromatic N) is 3. The number of phenolic OH excluding ortho intramolecular Hbond substituents is 1. The minimum atomic E-state index is 0.133. The topological polar surface area (TPSA) is 79.6 Å². The molecule has 0 fully saturated rings. The van der Waals surface area contributed by atoms with Crippen LogP contribution in [0.15, 0.2) is 77.9 Å². The maximum atomic E-state index is 10.2. The SMILES string of the molecule is CCCCOc1ccc(/C=N/Nc2nc(-c3ccccc3O)nc3ccccc23)cc1. The van der Waals surface area contributed by atoms with Crippen LogP contribution in [0.2, 0.25) is 0 Å². The quantitative estimate of drug-likeness (QED) is 0.223. The van der Waals surface area contributed by atoms with Gasteiger partial charge >= 0.3 is 0 Å². The highest BCUT2D eigenvalue weighted by Gasteiger charge is 2.11. The van der Waals surface area contributed by atoms with E-state index < -0.39 is 0 Å². The van der Waals surface area contributed by atoms with Gasteiger partial charge in [-0.05, 0) is 60.5 Å². The van der Waals surface area contributed by atoms with E-state index in [0.717, 1.165) is 41.7 Å². The molecule has 0 spiro atoms. The Morgan fingerprint density at radius 1 is 0.968 bits per heavy atom. The lowest BCUT2D eigenvalue weighted by Gasteiger charge is -2.09. The van der Waals surface area contributed by atoms with E-state index in [0.29, 0.717) is 17.2 Å². The van der Waals surface area contributed by atoms with Crippen molar-refractivity contribution in [3.8, 4) is 22.9 Å². The molecule has 0 aliphatic heterocycles. The first-order chi connectivity index (χ1) is 15.2. The highest BCUT2D eigenvalue weighted by molar-refractivity contribution is 5.91. The molecule has 0 aliphatic rings. The summed E-state index contributed by atoms with van der Waals surface area (Å²) in [4.78, 5) is 9.20. The van der Waals surface area contributed by atoms with E-state index in [1.54, 1.807) is 24.4 Å². The predicted molar refractivity (Wildman–Crippen MR) is 125 cm³/mol. The standard InChI is InChI=1S/C25H24N4O2/c1-2-3-16-31-19-14-12-18(13-15-19)17-26-29-25-20-8-4-6-10-22(20)27-24(28-25)21-9-5-7-11-23(21)30/h4-15,17,30H,2-3,16H2,1H3,(H,27,28,29)/b26-17+. The maximum Gasteiger partial charge on any atom is 0.165 e. The Labute approximate surface area is 181 Å². The number of nitrogens with one attached hydrogen (secondary N) is 1. The second kappa shape index (κ2) is 9.71. The van der Waals surface area contributed by atoms with Crippen LogP contribution in [0.25, 0.3) is 22.3 Å². The fourth-order valence-electron chi connectivity index (χ4n) is 3.10. The Morgan fingerprint density at radius 2 is 1.74 bits per heavy atom. The highest BCUT2D eigenvalue weighted by atomic mass is 16.5. The van der Waals surface area contributed by atoms with Gasteiger partial charge in [0, 0.05) is 5.39 Å². The average Bonchev–Trinajstić information content (AvgIpc) is 2.80. The lowest BCUT2D eigenvalue weighted by molar-refractivity contribution is 0.309. The maximum absolute atomic E-state index is 10.2. The number of aromatic nitrogens is 2. The van der Waals surface area contributed by atoms with Crippen LogP contribution in [0.3, 0.4) is 0 Å². The van der Waals surface area contributed by atoms with Crippen LogP contribution in [0.5, 0.6) is 11.5 Å². The molecule has 0 atom stereocenters. The van der Waals surface area contributed by atoms with Gasteiger partial charge in [-0.2, -0.15) is 5.10 Å². The summed E-state index contributed by atoms with van der Waals surface area (Å²) in [5.41, 5.74) is 5.30. The Morgan fingerprint density at radius 3 is 2.55 bits per heavy atom. The molecule has 4 rings (SSSR count). The molecule has 0 saturated carbocycles. The van der Waals surface area contributed by atoms with E-state index >= 15 is 0 Å². The van der Waals surface area contributed by atoms with Crippen LogP contribution in [0, 0.1) is 0 Å². The van der Waals surface area contributed by atoms with Crippen LogP contribution in [-0.2, 0) is 0 Å². The monoisotopic (exact) mass is 412 g/mol. The number of phenols is 1. The molecule has 0 radical (unpaired) electrons. The van der Waals surface area contributed by atoms with Crippen molar-refractivity contribution in [3.63, 3.8) is 0 Å². The number of unbranched alkanes of at least 4 members (excludes halogenated alkanes) is 1. The molecular weight excluding hydrogens is 388 g/mol.